The lowest BCUT2D eigenvalue weighted by Crippen LogP contribution is -2.42. The number of aryl methyl sites for hydroxylation is 1. The Hall–Kier alpha value is -1.51. The van der Waals surface area contributed by atoms with Gasteiger partial charge in [-0.05, 0) is 73.1 Å². The van der Waals surface area contributed by atoms with Gasteiger partial charge in [-0.15, -0.1) is 0 Å². The standard InChI is InChI=1S/C18H22O3/c1-18-7-6-11-12(14(18)4-5-17(18)21)3-2-10-8-15(19)16(20)9-13(10)11/h8-9,11-12,14,19-20H,2-7H2,1H3/t11-,12-,14-,18-/m0/s1. The maximum absolute atomic E-state index is 12.3. The molecule has 2 N–H and O–H groups in total. The first kappa shape index (κ1) is 13.2. The third-order valence-corrected chi connectivity index (χ3v) is 6.53. The summed E-state index contributed by atoms with van der Waals surface area (Å²) in [5.74, 6) is 1.96. The second-order valence-electron chi connectivity index (χ2n) is 7.37. The van der Waals surface area contributed by atoms with E-state index in [4.69, 9.17) is 0 Å². The molecule has 0 spiro atoms. The lowest BCUT2D eigenvalue weighted by molar-refractivity contribution is -0.129. The number of rotatable bonds is 0. The fourth-order valence-corrected chi connectivity index (χ4v) is 5.37. The maximum atomic E-state index is 12.3. The molecule has 2 saturated carbocycles. The van der Waals surface area contributed by atoms with E-state index in [0.29, 0.717) is 23.5 Å². The van der Waals surface area contributed by atoms with E-state index in [1.807, 2.05) is 0 Å². The van der Waals surface area contributed by atoms with Crippen LogP contribution in [0.4, 0.5) is 0 Å². The molecule has 0 saturated heterocycles. The average Bonchev–Trinajstić information content (AvgIpc) is 2.76. The normalized spacial score (nSPS) is 37.8. The van der Waals surface area contributed by atoms with Crippen molar-refractivity contribution >= 4 is 5.78 Å². The highest BCUT2D eigenvalue weighted by molar-refractivity contribution is 5.87. The van der Waals surface area contributed by atoms with Crippen LogP contribution >= 0.6 is 0 Å². The van der Waals surface area contributed by atoms with Gasteiger partial charge < -0.3 is 10.2 Å². The number of hydrogen-bond donors (Lipinski definition) is 2. The number of Topliss-reactive ketones (excluding diaryl/α,β-unsaturated/α-hetero) is 1. The number of ketones is 1. The topological polar surface area (TPSA) is 57.5 Å². The van der Waals surface area contributed by atoms with Crippen LogP contribution in [0, 0.1) is 17.3 Å². The van der Waals surface area contributed by atoms with Crippen molar-refractivity contribution in [1.29, 1.82) is 0 Å². The number of aromatic hydroxyl groups is 2. The summed E-state index contributed by atoms with van der Waals surface area (Å²) in [6.07, 6.45) is 5.84. The molecule has 0 heterocycles. The molecule has 4 rings (SSSR count). The highest BCUT2D eigenvalue weighted by Crippen LogP contribution is 2.59. The highest BCUT2D eigenvalue weighted by atomic mass is 16.3. The van der Waals surface area contributed by atoms with Crippen LogP contribution in [0.25, 0.3) is 0 Å². The van der Waals surface area contributed by atoms with E-state index in [2.05, 4.69) is 6.92 Å². The van der Waals surface area contributed by atoms with Crippen LogP contribution in [0.1, 0.15) is 56.1 Å². The molecular formula is C18H22O3. The van der Waals surface area contributed by atoms with E-state index in [1.54, 1.807) is 12.1 Å². The van der Waals surface area contributed by atoms with Gasteiger partial charge in [0.25, 0.3) is 0 Å². The number of carbonyl (C=O) groups excluding carboxylic acids is 1. The molecule has 0 aliphatic heterocycles. The Kier molecular flexibility index (Phi) is 2.66. The van der Waals surface area contributed by atoms with E-state index >= 15 is 0 Å². The first-order valence-corrected chi connectivity index (χ1v) is 8.09. The molecule has 0 bridgehead atoms. The smallest absolute Gasteiger partial charge is 0.157 e. The van der Waals surface area contributed by atoms with E-state index in [0.717, 1.165) is 38.5 Å². The van der Waals surface area contributed by atoms with Gasteiger partial charge in [-0.25, -0.2) is 0 Å². The van der Waals surface area contributed by atoms with Crippen molar-refractivity contribution in [3.8, 4) is 11.5 Å². The minimum Gasteiger partial charge on any atom is -0.504 e. The summed E-state index contributed by atoms with van der Waals surface area (Å²) in [5, 5.41) is 19.5. The molecule has 3 nitrogen and oxygen atoms in total. The van der Waals surface area contributed by atoms with Gasteiger partial charge in [0.05, 0.1) is 0 Å². The summed E-state index contributed by atoms with van der Waals surface area (Å²) in [6.45, 7) is 2.17. The molecule has 0 aromatic heterocycles. The predicted molar refractivity (Wildman–Crippen MR) is 79.4 cm³/mol. The fourth-order valence-electron chi connectivity index (χ4n) is 5.37. The fraction of sp³-hybridized carbons (Fsp3) is 0.611. The summed E-state index contributed by atoms with van der Waals surface area (Å²) in [7, 11) is 0. The van der Waals surface area contributed by atoms with E-state index in [9.17, 15) is 15.0 Å². The SMILES string of the molecule is C[C@]12CC[C@@H]3c4cc(O)c(O)cc4CC[C@@H]3[C@@H]1CCC2=O. The summed E-state index contributed by atoms with van der Waals surface area (Å²) in [4.78, 5) is 12.3. The minimum absolute atomic E-state index is 0.00904. The molecular weight excluding hydrogens is 264 g/mol. The number of phenols is 2. The van der Waals surface area contributed by atoms with Crippen LogP contribution in [-0.2, 0) is 11.2 Å². The quantitative estimate of drug-likeness (QED) is 0.717. The van der Waals surface area contributed by atoms with Crippen LogP contribution in [0.15, 0.2) is 12.1 Å². The van der Waals surface area contributed by atoms with Crippen LogP contribution in [0.2, 0.25) is 0 Å². The zero-order chi connectivity index (χ0) is 14.8. The van der Waals surface area contributed by atoms with Gasteiger partial charge in [-0.1, -0.05) is 6.92 Å². The van der Waals surface area contributed by atoms with Crippen LogP contribution in [0.5, 0.6) is 11.5 Å². The Balaban J connectivity index is 1.75. The van der Waals surface area contributed by atoms with Crippen molar-refractivity contribution < 1.29 is 15.0 Å². The van der Waals surface area contributed by atoms with Crippen molar-refractivity contribution in [1.82, 2.24) is 0 Å². The number of fused-ring (bicyclic) bond motifs is 5. The van der Waals surface area contributed by atoms with Crippen molar-refractivity contribution in [3.63, 3.8) is 0 Å². The molecule has 0 radical (unpaired) electrons. The van der Waals surface area contributed by atoms with Gasteiger partial charge in [0.1, 0.15) is 5.78 Å². The van der Waals surface area contributed by atoms with Crippen molar-refractivity contribution in [3.05, 3.63) is 23.3 Å². The highest BCUT2D eigenvalue weighted by Gasteiger charge is 2.54. The number of hydrogen-bond acceptors (Lipinski definition) is 3. The summed E-state index contributed by atoms with van der Waals surface area (Å²) < 4.78 is 0. The maximum Gasteiger partial charge on any atom is 0.157 e. The third-order valence-electron chi connectivity index (χ3n) is 6.53. The summed E-state index contributed by atoms with van der Waals surface area (Å²) in [5.41, 5.74) is 2.29. The van der Waals surface area contributed by atoms with Crippen molar-refractivity contribution in [2.24, 2.45) is 17.3 Å². The third kappa shape index (κ3) is 1.69. The lowest BCUT2D eigenvalue weighted by atomic mass is 9.55. The van der Waals surface area contributed by atoms with Gasteiger partial charge in [0.15, 0.2) is 11.5 Å². The first-order valence-electron chi connectivity index (χ1n) is 8.09. The average molecular weight is 286 g/mol. The largest absolute Gasteiger partial charge is 0.504 e. The Labute approximate surface area is 125 Å². The second kappa shape index (κ2) is 4.25. The molecule has 3 heteroatoms. The van der Waals surface area contributed by atoms with Gasteiger partial charge in [0.2, 0.25) is 0 Å². The molecule has 21 heavy (non-hydrogen) atoms. The molecule has 112 valence electrons. The van der Waals surface area contributed by atoms with E-state index in [1.165, 1.54) is 11.1 Å². The molecule has 0 unspecified atom stereocenters. The Morgan fingerprint density at radius 2 is 1.86 bits per heavy atom. The molecule has 2 fully saturated rings. The molecule has 3 aliphatic rings. The zero-order valence-electron chi connectivity index (χ0n) is 12.4. The Morgan fingerprint density at radius 1 is 1.10 bits per heavy atom. The monoisotopic (exact) mass is 286 g/mol. The predicted octanol–water partition coefficient (Wildman–Crippen LogP) is 3.52. The molecule has 3 aliphatic carbocycles. The molecule has 0 amide bonds. The number of carbonyl (C=O) groups is 1. The Bertz CT molecular complexity index is 621. The lowest BCUT2D eigenvalue weighted by Gasteiger charge is -2.48. The molecule has 1 aromatic rings. The van der Waals surface area contributed by atoms with Gasteiger partial charge in [0, 0.05) is 11.8 Å². The summed E-state index contributed by atoms with van der Waals surface area (Å²) in [6, 6.07) is 3.50. The zero-order valence-corrected chi connectivity index (χ0v) is 12.4. The number of benzene rings is 1. The molecule has 4 atom stereocenters. The van der Waals surface area contributed by atoms with E-state index in [-0.39, 0.29) is 16.9 Å². The van der Waals surface area contributed by atoms with Crippen LogP contribution < -0.4 is 0 Å². The Morgan fingerprint density at radius 3 is 2.67 bits per heavy atom. The van der Waals surface area contributed by atoms with E-state index < -0.39 is 0 Å². The minimum atomic E-state index is -0.0996. The van der Waals surface area contributed by atoms with Gasteiger partial charge >= 0.3 is 0 Å². The second-order valence-corrected chi connectivity index (χ2v) is 7.37. The van der Waals surface area contributed by atoms with Crippen molar-refractivity contribution in [2.45, 2.75) is 51.4 Å². The first-order chi connectivity index (χ1) is 10.0. The molecule has 1 aromatic carbocycles. The summed E-state index contributed by atoms with van der Waals surface area (Å²) >= 11 is 0. The van der Waals surface area contributed by atoms with Crippen LogP contribution in [0.3, 0.4) is 0 Å². The van der Waals surface area contributed by atoms with Crippen molar-refractivity contribution in [2.75, 3.05) is 0 Å². The van der Waals surface area contributed by atoms with Gasteiger partial charge in [-0.2, -0.15) is 0 Å². The van der Waals surface area contributed by atoms with Crippen LogP contribution in [-0.4, -0.2) is 16.0 Å². The van der Waals surface area contributed by atoms with Gasteiger partial charge in [-0.3, -0.25) is 4.79 Å². The number of phenolic OH excluding ortho intramolecular Hbond substituents is 2.